The lowest BCUT2D eigenvalue weighted by atomic mass is 9.88. The Labute approximate surface area is 127 Å². The van der Waals surface area contributed by atoms with Gasteiger partial charge in [-0.2, -0.15) is 0 Å². The first-order valence-corrected chi connectivity index (χ1v) is 8.02. The topological polar surface area (TPSA) is 58.6 Å². The van der Waals surface area contributed by atoms with Crippen LogP contribution in [0.2, 0.25) is 0 Å². The number of hydrogen-bond acceptors (Lipinski definition) is 3. The quantitative estimate of drug-likeness (QED) is 0.812. The molecule has 1 aliphatic carbocycles. The lowest BCUT2D eigenvalue weighted by Crippen LogP contribution is -2.71. The number of piperazine rings is 1. The van der Waals surface area contributed by atoms with Crippen LogP contribution in [0.4, 0.5) is 0 Å². The van der Waals surface area contributed by atoms with Crippen LogP contribution in [0.5, 0.6) is 0 Å². The van der Waals surface area contributed by atoms with Crippen LogP contribution in [-0.2, 0) is 14.3 Å². The van der Waals surface area contributed by atoms with Crippen molar-refractivity contribution >= 4 is 11.8 Å². The lowest BCUT2D eigenvalue weighted by Gasteiger charge is -2.46. The predicted molar refractivity (Wildman–Crippen MR) is 80.8 cm³/mol. The minimum Gasteiger partial charge on any atom is -0.374 e. The number of carbonyl (C=O) groups excluding carboxylic acids is 2. The first kappa shape index (κ1) is 16.3. The van der Waals surface area contributed by atoms with E-state index < -0.39 is 11.1 Å². The van der Waals surface area contributed by atoms with Gasteiger partial charge in [-0.25, -0.2) is 0 Å². The fourth-order valence-electron chi connectivity index (χ4n) is 3.35. The molecule has 2 rings (SSSR count). The fourth-order valence-corrected chi connectivity index (χ4v) is 3.35. The molecule has 5 nitrogen and oxygen atoms in total. The number of ether oxygens (including phenoxy) is 1. The second kappa shape index (κ2) is 5.59. The highest BCUT2D eigenvalue weighted by atomic mass is 16.5. The van der Waals surface area contributed by atoms with E-state index in [4.69, 9.17) is 4.74 Å². The number of amides is 2. The highest BCUT2D eigenvalue weighted by molar-refractivity contribution is 6.00. The van der Waals surface area contributed by atoms with Crippen molar-refractivity contribution in [3.05, 3.63) is 0 Å². The molecule has 0 aromatic heterocycles. The monoisotopic (exact) mass is 296 g/mol. The molecule has 1 heterocycles. The maximum Gasteiger partial charge on any atom is 0.249 e. The average Bonchev–Trinajstić information content (AvgIpc) is 3.20. The van der Waals surface area contributed by atoms with Crippen molar-refractivity contribution in [2.75, 3.05) is 13.2 Å². The van der Waals surface area contributed by atoms with E-state index in [1.54, 1.807) is 4.90 Å². The molecule has 1 aliphatic heterocycles. The molecule has 1 saturated carbocycles. The van der Waals surface area contributed by atoms with E-state index in [2.05, 4.69) is 5.32 Å². The Morgan fingerprint density at radius 3 is 2.43 bits per heavy atom. The third-order valence-corrected chi connectivity index (χ3v) is 4.63. The van der Waals surface area contributed by atoms with E-state index >= 15 is 0 Å². The van der Waals surface area contributed by atoms with Crippen LogP contribution in [0.1, 0.15) is 53.9 Å². The Morgan fingerprint density at radius 1 is 1.33 bits per heavy atom. The summed E-state index contributed by atoms with van der Waals surface area (Å²) in [5.74, 6) is 0.299. The zero-order valence-electron chi connectivity index (χ0n) is 13.9. The van der Waals surface area contributed by atoms with Crippen molar-refractivity contribution in [3.8, 4) is 0 Å². The predicted octanol–water partition coefficient (Wildman–Crippen LogP) is 1.71. The molecule has 0 bridgehead atoms. The molecule has 2 atom stereocenters. The summed E-state index contributed by atoms with van der Waals surface area (Å²) in [6, 6.07) is -0.385. The van der Waals surface area contributed by atoms with Crippen LogP contribution in [0.3, 0.4) is 0 Å². The molecule has 2 aliphatic rings. The van der Waals surface area contributed by atoms with Gasteiger partial charge in [0, 0.05) is 6.61 Å². The highest BCUT2D eigenvalue weighted by Crippen LogP contribution is 2.42. The van der Waals surface area contributed by atoms with Crippen molar-refractivity contribution in [3.63, 3.8) is 0 Å². The standard InChI is InChI=1S/C16H28N2O3/c1-6-12-13(19)17-16(5,11-8-9-11)14(20)18(12)10-15(3,4)21-7-2/h11-12H,6-10H2,1-5H3,(H,17,19). The molecule has 1 N–H and O–H groups in total. The third kappa shape index (κ3) is 3.07. The van der Waals surface area contributed by atoms with Crippen molar-refractivity contribution < 1.29 is 14.3 Å². The Balaban J connectivity index is 2.24. The van der Waals surface area contributed by atoms with Gasteiger partial charge in [-0.3, -0.25) is 9.59 Å². The van der Waals surface area contributed by atoms with E-state index in [0.717, 1.165) is 12.8 Å². The van der Waals surface area contributed by atoms with Crippen molar-refractivity contribution in [2.24, 2.45) is 5.92 Å². The van der Waals surface area contributed by atoms with Crippen LogP contribution in [0.15, 0.2) is 0 Å². The second-order valence-corrected chi connectivity index (χ2v) is 7.02. The normalized spacial score (nSPS) is 30.5. The van der Waals surface area contributed by atoms with Gasteiger partial charge < -0.3 is 15.0 Å². The van der Waals surface area contributed by atoms with Gasteiger partial charge in [0.05, 0.1) is 12.1 Å². The zero-order chi connectivity index (χ0) is 15.8. The van der Waals surface area contributed by atoms with Crippen LogP contribution >= 0.6 is 0 Å². The van der Waals surface area contributed by atoms with Crippen LogP contribution in [0.25, 0.3) is 0 Å². The molecule has 0 aromatic rings. The Morgan fingerprint density at radius 2 is 1.95 bits per heavy atom. The lowest BCUT2D eigenvalue weighted by molar-refractivity contribution is -0.160. The summed E-state index contributed by atoms with van der Waals surface area (Å²) in [6.07, 6.45) is 2.66. The van der Waals surface area contributed by atoms with Gasteiger partial charge in [0.15, 0.2) is 0 Å². The SMILES string of the molecule is CCOC(C)(C)CN1C(=O)C(C)(C2CC2)NC(=O)C1CC. The van der Waals surface area contributed by atoms with Crippen LogP contribution < -0.4 is 5.32 Å². The summed E-state index contributed by atoms with van der Waals surface area (Å²) in [7, 11) is 0. The average molecular weight is 296 g/mol. The molecule has 2 fully saturated rings. The van der Waals surface area contributed by atoms with E-state index in [0.29, 0.717) is 19.6 Å². The van der Waals surface area contributed by atoms with Gasteiger partial charge in [-0.05, 0) is 52.9 Å². The summed E-state index contributed by atoms with van der Waals surface area (Å²) in [6.45, 7) is 10.7. The van der Waals surface area contributed by atoms with Crippen molar-refractivity contribution in [1.82, 2.24) is 10.2 Å². The number of nitrogens with zero attached hydrogens (tertiary/aromatic N) is 1. The molecule has 120 valence electrons. The first-order chi connectivity index (χ1) is 9.75. The minimum atomic E-state index is -0.731. The van der Waals surface area contributed by atoms with Gasteiger partial charge in [0.2, 0.25) is 11.8 Å². The summed E-state index contributed by atoms with van der Waals surface area (Å²) in [4.78, 5) is 27.2. The molecule has 0 spiro atoms. The molecule has 21 heavy (non-hydrogen) atoms. The summed E-state index contributed by atoms with van der Waals surface area (Å²) in [5.41, 5.74) is -1.18. The molecule has 5 heteroatoms. The van der Waals surface area contributed by atoms with Crippen molar-refractivity contribution in [1.29, 1.82) is 0 Å². The second-order valence-electron chi connectivity index (χ2n) is 7.02. The number of hydrogen-bond donors (Lipinski definition) is 1. The van der Waals surface area contributed by atoms with E-state index in [9.17, 15) is 9.59 Å². The van der Waals surface area contributed by atoms with Crippen LogP contribution in [-0.4, -0.2) is 47.0 Å². The van der Waals surface area contributed by atoms with Crippen molar-refractivity contribution in [2.45, 2.75) is 71.1 Å². The highest BCUT2D eigenvalue weighted by Gasteiger charge is 2.55. The van der Waals surface area contributed by atoms with E-state index in [1.807, 2.05) is 34.6 Å². The maximum atomic E-state index is 13.0. The molecular weight excluding hydrogens is 268 g/mol. The van der Waals surface area contributed by atoms with Crippen LogP contribution in [0, 0.1) is 5.92 Å². The molecule has 2 amide bonds. The first-order valence-electron chi connectivity index (χ1n) is 8.02. The Bertz CT molecular complexity index is 431. The molecule has 0 aromatic carbocycles. The minimum absolute atomic E-state index is 0.0289. The van der Waals surface area contributed by atoms with E-state index in [1.165, 1.54) is 0 Å². The van der Waals surface area contributed by atoms with E-state index in [-0.39, 0.29) is 23.8 Å². The number of rotatable bonds is 6. The third-order valence-electron chi connectivity index (χ3n) is 4.63. The largest absolute Gasteiger partial charge is 0.374 e. The molecule has 2 unspecified atom stereocenters. The Kier molecular flexibility index (Phi) is 4.34. The summed E-state index contributed by atoms with van der Waals surface area (Å²) in [5, 5.41) is 2.98. The number of nitrogens with one attached hydrogen (secondary N) is 1. The van der Waals surface area contributed by atoms with Gasteiger partial charge >= 0.3 is 0 Å². The summed E-state index contributed by atoms with van der Waals surface area (Å²) < 4.78 is 5.73. The zero-order valence-corrected chi connectivity index (χ0v) is 13.9. The van der Waals surface area contributed by atoms with Gasteiger partial charge in [-0.15, -0.1) is 0 Å². The van der Waals surface area contributed by atoms with Gasteiger partial charge in [0.25, 0.3) is 0 Å². The maximum absolute atomic E-state index is 13.0. The number of carbonyl (C=O) groups is 2. The fraction of sp³-hybridized carbons (Fsp3) is 0.875. The molecule has 0 radical (unpaired) electrons. The van der Waals surface area contributed by atoms with Gasteiger partial charge in [-0.1, -0.05) is 6.92 Å². The molecular formula is C16H28N2O3. The summed E-state index contributed by atoms with van der Waals surface area (Å²) >= 11 is 0. The molecule has 1 saturated heterocycles. The smallest absolute Gasteiger partial charge is 0.249 e. The Hall–Kier alpha value is -1.10. The van der Waals surface area contributed by atoms with Gasteiger partial charge in [0.1, 0.15) is 11.6 Å².